The van der Waals surface area contributed by atoms with Crippen molar-refractivity contribution in [2.75, 3.05) is 0 Å². The third kappa shape index (κ3) is 3.83. The summed E-state index contributed by atoms with van der Waals surface area (Å²) in [5, 5.41) is 11.8. The molecule has 1 N–H and O–H groups in total. The lowest BCUT2D eigenvalue weighted by Gasteiger charge is -2.27. The normalized spacial score (nSPS) is 20.1. The van der Waals surface area contributed by atoms with Gasteiger partial charge in [-0.2, -0.15) is 0 Å². The number of benzene rings is 2. The monoisotopic (exact) mass is 413 g/mol. The van der Waals surface area contributed by atoms with E-state index in [0.717, 1.165) is 35.0 Å². The van der Waals surface area contributed by atoms with Gasteiger partial charge in [0.1, 0.15) is 0 Å². The van der Waals surface area contributed by atoms with Gasteiger partial charge in [0.05, 0.1) is 11.1 Å². The van der Waals surface area contributed by atoms with Crippen molar-refractivity contribution in [2.45, 2.75) is 37.7 Å². The van der Waals surface area contributed by atoms with E-state index in [4.69, 9.17) is 4.74 Å². The number of carbonyl (C=O) groups excluding carboxylic acids is 2. The van der Waals surface area contributed by atoms with Gasteiger partial charge in [-0.05, 0) is 49.3 Å². The van der Waals surface area contributed by atoms with Crippen molar-refractivity contribution in [3.8, 4) is 0 Å². The van der Waals surface area contributed by atoms with Crippen LogP contribution in [0.15, 0.2) is 78.1 Å². The molecule has 0 saturated heterocycles. The lowest BCUT2D eigenvalue weighted by atomic mass is 9.83. The van der Waals surface area contributed by atoms with Gasteiger partial charge in [-0.15, -0.1) is 0 Å². The number of carbonyl (C=O) groups is 2. The minimum Gasteiger partial charge on any atom is -0.504 e. The van der Waals surface area contributed by atoms with E-state index in [2.05, 4.69) is 4.98 Å². The molecule has 31 heavy (non-hydrogen) atoms. The molecule has 2 heterocycles. The molecule has 0 spiro atoms. The predicted octanol–water partition coefficient (Wildman–Crippen LogP) is 4.67. The molecule has 2 unspecified atom stereocenters. The third-order valence-corrected chi connectivity index (χ3v) is 6.13. The molecule has 2 aliphatic rings. The minimum atomic E-state index is -0.986. The van der Waals surface area contributed by atoms with Crippen LogP contribution in [0.3, 0.4) is 0 Å². The maximum atomic E-state index is 12.9. The zero-order valence-electron chi connectivity index (χ0n) is 17.0. The summed E-state index contributed by atoms with van der Waals surface area (Å²) in [6.45, 7) is 0. The van der Waals surface area contributed by atoms with Crippen molar-refractivity contribution in [1.82, 2.24) is 4.98 Å². The maximum Gasteiger partial charge on any atom is 0.339 e. The SMILES string of the molecule is O=C1OC(CCc2ccc3ccccc3n2)C(=O)C(O)=C1C(c1ccccc1)C1CC1. The summed E-state index contributed by atoms with van der Waals surface area (Å²) >= 11 is 0. The van der Waals surface area contributed by atoms with Gasteiger partial charge in [0.25, 0.3) is 0 Å². The number of ether oxygens (including phenoxy) is 1. The third-order valence-electron chi connectivity index (χ3n) is 6.13. The molecule has 3 aromatic rings. The Kier molecular flexibility index (Phi) is 5.02. The van der Waals surface area contributed by atoms with Gasteiger partial charge < -0.3 is 9.84 Å². The number of hydrogen-bond donors (Lipinski definition) is 1. The van der Waals surface area contributed by atoms with Crippen molar-refractivity contribution in [2.24, 2.45) is 5.92 Å². The molecule has 2 atom stereocenters. The Balaban J connectivity index is 1.36. The van der Waals surface area contributed by atoms with Gasteiger partial charge in [-0.3, -0.25) is 9.78 Å². The molecule has 1 aliphatic carbocycles. The van der Waals surface area contributed by atoms with Crippen molar-refractivity contribution >= 4 is 22.7 Å². The van der Waals surface area contributed by atoms with Crippen LogP contribution in [-0.2, 0) is 20.7 Å². The van der Waals surface area contributed by atoms with E-state index in [1.54, 1.807) is 0 Å². The second-order valence-electron chi connectivity index (χ2n) is 8.28. The number of para-hydroxylation sites is 1. The van der Waals surface area contributed by atoms with E-state index in [9.17, 15) is 14.7 Å². The Morgan fingerprint density at radius 3 is 2.48 bits per heavy atom. The predicted molar refractivity (Wildman–Crippen MR) is 117 cm³/mol. The number of ketones is 1. The summed E-state index contributed by atoms with van der Waals surface area (Å²) in [5.41, 5.74) is 2.73. The Bertz CT molecular complexity index is 1180. The van der Waals surface area contributed by atoms with Gasteiger partial charge in [0.2, 0.25) is 5.78 Å². The van der Waals surface area contributed by atoms with Crippen molar-refractivity contribution in [3.05, 3.63) is 89.3 Å². The summed E-state index contributed by atoms with van der Waals surface area (Å²) in [5.74, 6) is -1.60. The van der Waals surface area contributed by atoms with Crippen LogP contribution >= 0.6 is 0 Å². The van der Waals surface area contributed by atoms with E-state index >= 15 is 0 Å². The molecule has 1 saturated carbocycles. The fourth-order valence-corrected chi connectivity index (χ4v) is 4.38. The van der Waals surface area contributed by atoms with Crippen LogP contribution in [0.4, 0.5) is 0 Å². The van der Waals surface area contributed by atoms with Gasteiger partial charge in [-0.25, -0.2) is 4.79 Å². The summed E-state index contributed by atoms with van der Waals surface area (Å²) in [7, 11) is 0. The zero-order valence-corrected chi connectivity index (χ0v) is 17.0. The highest BCUT2D eigenvalue weighted by Gasteiger charge is 2.45. The molecule has 0 bridgehead atoms. The number of aryl methyl sites for hydroxylation is 1. The molecule has 1 fully saturated rings. The molecule has 5 rings (SSSR count). The van der Waals surface area contributed by atoms with Crippen molar-refractivity contribution in [1.29, 1.82) is 0 Å². The van der Waals surface area contributed by atoms with Crippen LogP contribution in [0, 0.1) is 5.92 Å². The van der Waals surface area contributed by atoms with Gasteiger partial charge in [-0.1, -0.05) is 54.6 Å². The Morgan fingerprint density at radius 1 is 0.968 bits per heavy atom. The van der Waals surface area contributed by atoms with Crippen LogP contribution in [-0.4, -0.2) is 27.9 Å². The lowest BCUT2D eigenvalue weighted by Crippen LogP contribution is -2.38. The van der Waals surface area contributed by atoms with Crippen LogP contribution in [0.2, 0.25) is 0 Å². The number of rotatable bonds is 6. The molecule has 5 nitrogen and oxygen atoms in total. The van der Waals surface area contributed by atoms with Gasteiger partial charge in [0, 0.05) is 17.0 Å². The van der Waals surface area contributed by atoms with Crippen LogP contribution < -0.4 is 0 Å². The Morgan fingerprint density at radius 2 is 1.71 bits per heavy atom. The minimum absolute atomic E-state index is 0.110. The number of aromatic nitrogens is 1. The van der Waals surface area contributed by atoms with Gasteiger partial charge >= 0.3 is 5.97 Å². The van der Waals surface area contributed by atoms with Gasteiger partial charge in [0.15, 0.2) is 11.9 Å². The number of cyclic esters (lactones) is 1. The van der Waals surface area contributed by atoms with Crippen LogP contribution in [0.25, 0.3) is 10.9 Å². The molecule has 1 aromatic heterocycles. The Hall–Kier alpha value is -3.47. The average molecular weight is 413 g/mol. The molecular formula is C26H23NO4. The number of aliphatic hydroxyl groups excluding tert-OH is 1. The maximum absolute atomic E-state index is 12.9. The number of nitrogens with zero attached hydrogens (tertiary/aromatic N) is 1. The lowest BCUT2D eigenvalue weighted by molar-refractivity contribution is -0.155. The summed E-state index contributed by atoms with van der Waals surface area (Å²) in [6, 6.07) is 21.3. The second-order valence-corrected chi connectivity index (χ2v) is 8.28. The molecule has 0 amide bonds. The first-order valence-electron chi connectivity index (χ1n) is 10.7. The summed E-state index contributed by atoms with van der Waals surface area (Å²) in [4.78, 5) is 30.4. The van der Waals surface area contributed by atoms with Crippen molar-refractivity contribution < 1.29 is 19.4 Å². The number of pyridine rings is 1. The van der Waals surface area contributed by atoms with E-state index in [0.29, 0.717) is 6.42 Å². The van der Waals surface area contributed by atoms with E-state index in [-0.39, 0.29) is 23.8 Å². The largest absolute Gasteiger partial charge is 0.504 e. The molecular weight excluding hydrogens is 390 g/mol. The first-order valence-corrected chi connectivity index (χ1v) is 10.7. The number of aliphatic hydroxyl groups is 1. The molecule has 2 aromatic carbocycles. The topological polar surface area (TPSA) is 76.5 Å². The first kappa shape index (κ1) is 19.5. The highest BCUT2D eigenvalue weighted by molar-refractivity contribution is 6.09. The Labute approximate surface area is 180 Å². The molecule has 156 valence electrons. The quantitative estimate of drug-likeness (QED) is 0.595. The number of Topliss-reactive ketones (excluding diaryl/α,β-unsaturated/α-hetero) is 1. The molecule has 5 heteroatoms. The average Bonchev–Trinajstić information content (AvgIpc) is 3.63. The van der Waals surface area contributed by atoms with E-state index < -0.39 is 23.6 Å². The molecule has 0 radical (unpaired) electrons. The second kappa shape index (κ2) is 7.99. The standard InChI is InChI=1S/C26H23NO4/c28-24-21(15-14-19-13-12-16-6-4-5-9-20(16)27-19)31-26(30)23(25(24)29)22(18-10-11-18)17-7-2-1-3-8-17/h1-9,12-13,18,21-22,29H,10-11,14-15H2. The van der Waals surface area contributed by atoms with Crippen LogP contribution in [0.5, 0.6) is 0 Å². The van der Waals surface area contributed by atoms with Crippen LogP contribution in [0.1, 0.15) is 36.4 Å². The van der Waals surface area contributed by atoms with Crippen molar-refractivity contribution in [3.63, 3.8) is 0 Å². The zero-order chi connectivity index (χ0) is 21.4. The summed E-state index contributed by atoms with van der Waals surface area (Å²) < 4.78 is 5.54. The van der Waals surface area contributed by atoms with E-state index in [1.807, 2.05) is 66.7 Å². The number of fused-ring (bicyclic) bond motifs is 1. The fraction of sp³-hybridized carbons (Fsp3) is 0.269. The highest BCUT2D eigenvalue weighted by Crippen LogP contribution is 2.48. The fourth-order valence-electron chi connectivity index (χ4n) is 4.38. The first-order chi connectivity index (χ1) is 15.1. The number of hydrogen-bond acceptors (Lipinski definition) is 5. The number of esters is 1. The summed E-state index contributed by atoms with van der Waals surface area (Å²) in [6.07, 6.45) is 1.71. The smallest absolute Gasteiger partial charge is 0.339 e. The highest BCUT2D eigenvalue weighted by atomic mass is 16.6. The van der Waals surface area contributed by atoms with E-state index in [1.165, 1.54) is 0 Å². The molecule has 1 aliphatic heterocycles.